The van der Waals surface area contributed by atoms with E-state index < -0.39 is 5.54 Å². The van der Waals surface area contributed by atoms with E-state index in [-0.39, 0.29) is 36.0 Å². The number of hydrogen-bond acceptors (Lipinski definition) is 4. The van der Waals surface area contributed by atoms with E-state index in [4.69, 9.17) is 0 Å². The first kappa shape index (κ1) is 21.6. The molecule has 0 spiro atoms. The first-order chi connectivity index (χ1) is 14.9. The third-order valence-electron chi connectivity index (χ3n) is 7.03. The largest absolute Gasteiger partial charge is 0.351 e. The van der Waals surface area contributed by atoms with Gasteiger partial charge in [-0.15, -0.1) is 0 Å². The molecule has 0 aromatic carbocycles. The van der Waals surface area contributed by atoms with Crippen LogP contribution in [0.3, 0.4) is 0 Å². The van der Waals surface area contributed by atoms with Gasteiger partial charge in [-0.2, -0.15) is 5.10 Å². The Hall–Kier alpha value is -2.64. The van der Waals surface area contributed by atoms with Crippen molar-refractivity contribution in [2.24, 2.45) is 0 Å². The number of hydrogen-bond donors (Lipinski definition) is 2. The van der Waals surface area contributed by atoms with Crippen LogP contribution in [0.15, 0.2) is 17.7 Å². The van der Waals surface area contributed by atoms with Gasteiger partial charge >= 0.3 is 0 Å². The minimum absolute atomic E-state index is 0.164. The lowest BCUT2D eigenvalue weighted by molar-refractivity contribution is -0.133. The van der Waals surface area contributed by atoms with Crippen LogP contribution in [0.5, 0.6) is 0 Å². The van der Waals surface area contributed by atoms with Gasteiger partial charge in [0, 0.05) is 25.7 Å². The van der Waals surface area contributed by atoms with Crippen LogP contribution in [-0.2, 0) is 11.3 Å². The first-order valence-electron chi connectivity index (χ1n) is 11.5. The van der Waals surface area contributed by atoms with Gasteiger partial charge in [-0.05, 0) is 51.9 Å². The van der Waals surface area contributed by atoms with Crippen LogP contribution >= 0.6 is 0 Å². The lowest BCUT2D eigenvalue weighted by Gasteiger charge is -2.41. The van der Waals surface area contributed by atoms with E-state index in [2.05, 4.69) is 21.8 Å². The van der Waals surface area contributed by atoms with E-state index in [9.17, 15) is 14.4 Å². The maximum absolute atomic E-state index is 13.0. The van der Waals surface area contributed by atoms with Gasteiger partial charge in [0.05, 0.1) is 6.54 Å². The second-order valence-electron chi connectivity index (χ2n) is 9.28. The van der Waals surface area contributed by atoms with Crippen LogP contribution < -0.4 is 10.6 Å². The molecule has 3 aliphatic rings. The maximum Gasteiger partial charge on any atom is 0.272 e. The molecule has 0 bridgehead atoms. The van der Waals surface area contributed by atoms with E-state index in [1.165, 1.54) is 34.1 Å². The van der Waals surface area contributed by atoms with Crippen LogP contribution in [0.2, 0.25) is 0 Å². The summed E-state index contributed by atoms with van der Waals surface area (Å²) in [5.41, 5.74) is 0.917. The van der Waals surface area contributed by atoms with E-state index in [0.29, 0.717) is 12.2 Å². The van der Waals surface area contributed by atoms with Gasteiger partial charge in [-0.1, -0.05) is 24.5 Å². The van der Waals surface area contributed by atoms with Crippen molar-refractivity contribution < 1.29 is 14.4 Å². The van der Waals surface area contributed by atoms with Crippen molar-refractivity contribution >= 4 is 17.7 Å². The molecule has 168 valence electrons. The smallest absolute Gasteiger partial charge is 0.272 e. The lowest BCUT2D eigenvalue weighted by Crippen LogP contribution is -2.63. The zero-order valence-corrected chi connectivity index (χ0v) is 18.6. The molecule has 3 amide bonds. The molecule has 1 aromatic heterocycles. The Bertz CT molecular complexity index is 899. The molecular weight excluding hydrogens is 394 g/mol. The molecule has 1 fully saturated rings. The third kappa shape index (κ3) is 4.38. The molecule has 2 aliphatic carbocycles. The molecule has 4 rings (SSSR count). The summed E-state index contributed by atoms with van der Waals surface area (Å²) in [4.78, 5) is 40.1. The van der Waals surface area contributed by atoms with Gasteiger partial charge in [0.25, 0.3) is 11.8 Å². The van der Waals surface area contributed by atoms with Crippen molar-refractivity contribution in [3.05, 3.63) is 29.1 Å². The molecule has 1 aliphatic heterocycles. The summed E-state index contributed by atoms with van der Waals surface area (Å²) in [6.07, 6.45) is 12.0. The highest BCUT2D eigenvalue weighted by molar-refractivity contribution is 6.01. The third-order valence-corrected chi connectivity index (χ3v) is 7.03. The van der Waals surface area contributed by atoms with Crippen LogP contribution in [0, 0.1) is 0 Å². The number of nitrogens with zero attached hydrogens (tertiary/aromatic N) is 3. The first-order valence-corrected chi connectivity index (χ1v) is 11.5. The van der Waals surface area contributed by atoms with Gasteiger partial charge in [0.2, 0.25) is 5.91 Å². The SMILES string of the molecule is CN1C(=O)c2cc(C(=O)NCCC3=CCCCC3)nn2C[C@]1(C)C(=O)NC1CCCC1. The van der Waals surface area contributed by atoms with Crippen molar-refractivity contribution in [1.82, 2.24) is 25.3 Å². The number of fused-ring (bicyclic) bond motifs is 1. The quantitative estimate of drug-likeness (QED) is 0.682. The number of carbonyl (C=O) groups excluding carboxylic acids is 3. The number of nitrogens with one attached hydrogen (secondary N) is 2. The topological polar surface area (TPSA) is 96.3 Å². The number of rotatable bonds is 6. The number of aromatic nitrogens is 2. The predicted molar refractivity (Wildman–Crippen MR) is 117 cm³/mol. The molecule has 0 saturated heterocycles. The zero-order valence-electron chi connectivity index (χ0n) is 18.6. The van der Waals surface area contributed by atoms with Crippen LogP contribution in [0.1, 0.15) is 85.7 Å². The normalized spacial score (nSPS) is 24.0. The molecule has 2 heterocycles. The summed E-state index contributed by atoms with van der Waals surface area (Å²) in [5, 5.41) is 10.4. The Balaban J connectivity index is 1.42. The molecule has 2 N–H and O–H groups in total. The number of amides is 3. The van der Waals surface area contributed by atoms with Gasteiger partial charge in [-0.25, -0.2) is 0 Å². The molecule has 0 radical (unpaired) electrons. The molecular formula is C23H33N5O3. The Labute approximate surface area is 183 Å². The fraction of sp³-hybridized carbons (Fsp3) is 0.652. The molecule has 1 atom stereocenters. The van der Waals surface area contributed by atoms with Gasteiger partial charge in [0.15, 0.2) is 5.69 Å². The molecule has 1 aromatic rings. The minimum Gasteiger partial charge on any atom is -0.351 e. The molecule has 0 unspecified atom stereocenters. The second kappa shape index (κ2) is 8.85. The molecule has 8 nitrogen and oxygen atoms in total. The standard InChI is InChI=1S/C23H33N5O3/c1-23(22(31)25-17-10-6-7-11-17)15-28-19(21(30)27(23)2)14-18(26-28)20(29)24-13-12-16-8-4-3-5-9-16/h8,14,17H,3-7,9-13,15H2,1-2H3,(H,24,29)(H,25,31)/t23-/m1/s1. The Morgan fingerprint density at radius 3 is 2.71 bits per heavy atom. The highest BCUT2D eigenvalue weighted by Crippen LogP contribution is 2.27. The summed E-state index contributed by atoms with van der Waals surface area (Å²) in [7, 11) is 1.64. The van der Waals surface area contributed by atoms with E-state index >= 15 is 0 Å². The van der Waals surface area contributed by atoms with Gasteiger partial charge < -0.3 is 15.5 Å². The highest BCUT2D eigenvalue weighted by Gasteiger charge is 2.46. The zero-order chi connectivity index (χ0) is 22.0. The fourth-order valence-corrected chi connectivity index (χ4v) is 4.81. The van der Waals surface area contributed by atoms with Crippen molar-refractivity contribution in [3.8, 4) is 0 Å². The highest BCUT2D eigenvalue weighted by atomic mass is 16.2. The summed E-state index contributed by atoms with van der Waals surface area (Å²) < 4.78 is 1.51. The summed E-state index contributed by atoms with van der Waals surface area (Å²) in [5.74, 6) is -0.747. The van der Waals surface area contributed by atoms with Crippen LogP contribution in [0.25, 0.3) is 0 Å². The Morgan fingerprint density at radius 1 is 1.23 bits per heavy atom. The van der Waals surface area contributed by atoms with Crippen molar-refractivity contribution in [1.29, 1.82) is 0 Å². The van der Waals surface area contributed by atoms with Crippen molar-refractivity contribution in [3.63, 3.8) is 0 Å². The predicted octanol–water partition coefficient (Wildman–Crippen LogP) is 2.41. The Morgan fingerprint density at radius 2 is 2.00 bits per heavy atom. The lowest BCUT2D eigenvalue weighted by atomic mass is 9.95. The van der Waals surface area contributed by atoms with Gasteiger partial charge in [0.1, 0.15) is 11.2 Å². The summed E-state index contributed by atoms with van der Waals surface area (Å²) >= 11 is 0. The van der Waals surface area contributed by atoms with E-state index in [1.807, 2.05) is 0 Å². The van der Waals surface area contributed by atoms with Crippen LogP contribution in [0.4, 0.5) is 0 Å². The van der Waals surface area contributed by atoms with Gasteiger partial charge in [-0.3, -0.25) is 19.1 Å². The molecule has 8 heteroatoms. The van der Waals surface area contributed by atoms with E-state index in [0.717, 1.165) is 44.9 Å². The molecule has 1 saturated carbocycles. The summed E-state index contributed by atoms with van der Waals surface area (Å²) in [6.45, 7) is 2.54. The maximum atomic E-state index is 13.0. The minimum atomic E-state index is -1.04. The summed E-state index contributed by atoms with van der Waals surface area (Å²) in [6, 6.07) is 1.70. The average Bonchev–Trinajstić information content (AvgIpc) is 3.43. The van der Waals surface area contributed by atoms with Crippen molar-refractivity contribution in [2.45, 2.75) is 82.8 Å². The van der Waals surface area contributed by atoms with E-state index in [1.54, 1.807) is 14.0 Å². The monoisotopic (exact) mass is 427 g/mol. The fourth-order valence-electron chi connectivity index (χ4n) is 4.81. The Kier molecular flexibility index (Phi) is 6.16. The second-order valence-corrected chi connectivity index (χ2v) is 9.28. The average molecular weight is 428 g/mol. The number of allylic oxidation sites excluding steroid dienone is 1. The van der Waals surface area contributed by atoms with Crippen LogP contribution in [-0.4, -0.2) is 57.6 Å². The molecule has 31 heavy (non-hydrogen) atoms. The van der Waals surface area contributed by atoms with Crippen molar-refractivity contribution in [2.75, 3.05) is 13.6 Å². The number of likely N-dealkylation sites (N-methyl/N-ethyl adjacent to an activating group) is 1. The number of carbonyl (C=O) groups is 3.